The van der Waals surface area contributed by atoms with Crippen molar-refractivity contribution in [1.29, 1.82) is 0 Å². The number of fused-ring (bicyclic) bond motifs is 1. The summed E-state index contributed by atoms with van der Waals surface area (Å²) in [5.74, 6) is -0.584. The quantitative estimate of drug-likeness (QED) is 0.638. The van der Waals surface area contributed by atoms with Gasteiger partial charge >= 0.3 is 5.69 Å². The number of hydrogen-bond acceptors (Lipinski definition) is 5. The van der Waals surface area contributed by atoms with Gasteiger partial charge in [-0.05, 0) is 19.1 Å². The standard InChI is InChI=1S/C14H11N5O3/c1-7-11(13(21)19-14(22)16-7)18-12(20)10-6-15-8-4-2-3-5-9(8)17-10/h2-6H,1H3,(H,18,20)(H2,16,19,21,22). The first-order valence-electron chi connectivity index (χ1n) is 6.41. The molecule has 3 rings (SSSR count). The molecule has 8 nitrogen and oxygen atoms in total. The van der Waals surface area contributed by atoms with Crippen LogP contribution in [0.5, 0.6) is 0 Å². The van der Waals surface area contributed by atoms with Gasteiger partial charge < -0.3 is 10.3 Å². The van der Waals surface area contributed by atoms with Gasteiger partial charge in [-0.3, -0.25) is 19.6 Å². The Morgan fingerprint density at radius 1 is 1.14 bits per heavy atom. The lowest BCUT2D eigenvalue weighted by Crippen LogP contribution is -2.29. The van der Waals surface area contributed by atoms with Gasteiger partial charge in [-0.15, -0.1) is 0 Å². The summed E-state index contributed by atoms with van der Waals surface area (Å²) in [5.41, 5.74) is 0.229. The van der Waals surface area contributed by atoms with Crippen molar-refractivity contribution in [3.63, 3.8) is 0 Å². The third kappa shape index (κ3) is 2.49. The SMILES string of the molecule is Cc1[nH]c(=O)[nH]c(=O)c1NC(=O)c1cnc2ccccc2n1. The number of aromatic nitrogens is 4. The number of aryl methyl sites for hydroxylation is 1. The maximum atomic E-state index is 12.2. The number of H-pyrrole nitrogens is 2. The number of para-hydroxylation sites is 2. The second-order valence-corrected chi connectivity index (χ2v) is 4.61. The summed E-state index contributed by atoms with van der Waals surface area (Å²) in [7, 11) is 0. The minimum Gasteiger partial charge on any atom is -0.315 e. The van der Waals surface area contributed by atoms with E-state index in [9.17, 15) is 14.4 Å². The molecular weight excluding hydrogens is 286 g/mol. The summed E-state index contributed by atoms with van der Waals surface area (Å²) in [6.07, 6.45) is 1.33. The maximum Gasteiger partial charge on any atom is 0.326 e. The van der Waals surface area contributed by atoms with Gasteiger partial charge in [0.15, 0.2) is 0 Å². The van der Waals surface area contributed by atoms with Crippen LogP contribution in [0.4, 0.5) is 5.69 Å². The fourth-order valence-corrected chi connectivity index (χ4v) is 1.99. The van der Waals surface area contributed by atoms with Crippen molar-refractivity contribution in [3.8, 4) is 0 Å². The van der Waals surface area contributed by atoms with Crippen LogP contribution in [0, 0.1) is 6.92 Å². The van der Waals surface area contributed by atoms with Crippen LogP contribution in [-0.2, 0) is 0 Å². The maximum absolute atomic E-state index is 12.2. The Kier molecular flexibility index (Phi) is 3.26. The lowest BCUT2D eigenvalue weighted by Gasteiger charge is -2.06. The van der Waals surface area contributed by atoms with E-state index in [0.29, 0.717) is 11.0 Å². The summed E-state index contributed by atoms with van der Waals surface area (Å²) in [4.78, 5) is 47.8. The molecule has 0 fully saturated rings. The summed E-state index contributed by atoms with van der Waals surface area (Å²) in [5, 5.41) is 2.43. The number of nitrogens with zero attached hydrogens (tertiary/aromatic N) is 2. The number of rotatable bonds is 2. The highest BCUT2D eigenvalue weighted by atomic mass is 16.2. The molecule has 0 saturated carbocycles. The molecule has 0 saturated heterocycles. The van der Waals surface area contributed by atoms with E-state index in [1.165, 1.54) is 13.1 Å². The van der Waals surface area contributed by atoms with Gasteiger partial charge in [-0.2, -0.15) is 0 Å². The molecular formula is C14H11N5O3. The minimum atomic E-state index is -0.677. The van der Waals surface area contributed by atoms with Crippen LogP contribution in [0.1, 0.15) is 16.2 Å². The fourth-order valence-electron chi connectivity index (χ4n) is 1.99. The summed E-state index contributed by atoms with van der Waals surface area (Å²) < 4.78 is 0. The number of hydrogen-bond donors (Lipinski definition) is 3. The van der Waals surface area contributed by atoms with Crippen LogP contribution in [-0.4, -0.2) is 25.8 Å². The fraction of sp³-hybridized carbons (Fsp3) is 0.0714. The topological polar surface area (TPSA) is 121 Å². The monoisotopic (exact) mass is 297 g/mol. The number of carbonyl (C=O) groups excluding carboxylic acids is 1. The molecule has 3 aromatic rings. The van der Waals surface area contributed by atoms with Gasteiger partial charge in [0.2, 0.25) is 0 Å². The highest BCUT2D eigenvalue weighted by Gasteiger charge is 2.13. The van der Waals surface area contributed by atoms with Crippen molar-refractivity contribution in [2.45, 2.75) is 6.92 Å². The molecule has 0 aliphatic rings. The highest BCUT2D eigenvalue weighted by Crippen LogP contribution is 2.10. The van der Waals surface area contributed by atoms with Crippen LogP contribution in [0.15, 0.2) is 40.1 Å². The molecule has 0 unspecified atom stereocenters. The molecule has 3 N–H and O–H groups in total. The van der Waals surface area contributed by atoms with Gasteiger partial charge in [0.05, 0.1) is 17.2 Å². The molecule has 0 aliphatic heterocycles. The summed E-state index contributed by atoms with van der Waals surface area (Å²) in [6, 6.07) is 7.12. The van der Waals surface area contributed by atoms with E-state index in [4.69, 9.17) is 0 Å². The molecule has 0 spiro atoms. The Balaban J connectivity index is 1.97. The third-order valence-electron chi connectivity index (χ3n) is 3.05. The predicted molar refractivity (Wildman–Crippen MR) is 79.9 cm³/mol. The van der Waals surface area contributed by atoms with Crippen molar-refractivity contribution in [2.75, 3.05) is 5.32 Å². The van der Waals surface area contributed by atoms with E-state index in [1.807, 2.05) is 11.1 Å². The number of aromatic amines is 2. The second-order valence-electron chi connectivity index (χ2n) is 4.61. The Labute approximate surface area is 123 Å². The zero-order valence-electron chi connectivity index (χ0n) is 11.5. The Hall–Kier alpha value is -3.29. The molecule has 1 amide bonds. The third-order valence-corrected chi connectivity index (χ3v) is 3.05. The van der Waals surface area contributed by atoms with Crippen LogP contribution >= 0.6 is 0 Å². The minimum absolute atomic E-state index is 0.0282. The largest absolute Gasteiger partial charge is 0.326 e. The normalized spacial score (nSPS) is 10.6. The number of nitrogens with one attached hydrogen (secondary N) is 3. The summed E-state index contributed by atoms with van der Waals surface area (Å²) >= 11 is 0. The molecule has 22 heavy (non-hydrogen) atoms. The van der Waals surface area contributed by atoms with Gasteiger partial charge in [0.25, 0.3) is 11.5 Å². The molecule has 1 aromatic carbocycles. The van der Waals surface area contributed by atoms with Crippen molar-refractivity contribution in [2.24, 2.45) is 0 Å². The first-order valence-corrected chi connectivity index (χ1v) is 6.41. The first kappa shape index (κ1) is 13.7. The zero-order chi connectivity index (χ0) is 15.7. The average Bonchev–Trinajstić information content (AvgIpc) is 2.50. The van der Waals surface area contributed by atoms with E-state index >= 15 is 0 Å². The highest BCUT2D eigenvalue weighted by molar-refractivity contribution is 6.03. The first-order chi connectivity index (χ1) is 10.5. The predicted octanol–water partition coefficient (Wildman–Crippen LogP) is 0.567. The van der Waals surface area contributed by atoms with Crippen molar-refractivity contribution >= 4 is 22.6 Å². The van der Waals surface area contributed by atoms with Crippen molar-refractivity contribution in [1.82, 2.24) is 19.9 Å². The van der Waals surface area contributed by atoms with Crippen LogP contribution in [0.3, 0.4) is 0 Å². The number of amides is 1. The molecule has 0 atom stereocenters. The van der Waals surface area contributed by atoms with Gasteiger partial charge in [0, 0.05) is 5.69 Å². The average molecular weight is 297 g/mol. The summed E-state index contributed by atoms with van der Waals surface area (Å²) in [6.45, 7) is 1.51. The van der Waals surface area contributed by atoms with Crippen LogP contribution < -0.4 is 16.6 Å². The number of anilines is 1. The number of carbonyl (C=O) groups is 1. The van der Waals surface area contributed by atoms with Crippen LogP contribution in [0.2, 0.25) is 0 Å². The van der Waals surface area contributed by atoms with Gasteiger partial charge in [0.1, 0.15) is 11.4 Å². The Bertz CT molecular complexity index is 989. The lowest BCUT2D eigenvalue weighted by atomic mass is 10.3. The molecule has 8 heteroatoms. The van der Waals surface area contributed by atoms with Crippen molar-refractivity contribution in [3.05, 3.63) is 62.7 Å². The van der Waals surface area contributed by atoms with E-state index in [-0.39, 0.29) is 17.1 Å². The van der Waals surface area contributed by atoms with E-state index in [0.717, 1.165) is 0 Å². The zero-order valence-corrected chi connectivity index (χ0v) is 11.5. The second kappa shape index (κ2) is 5.24. The lowest BCUT2D eigenvalue weighted by molar-refractivity contribution is 0.102. The molecule has 0 aliphatic carbocycles. The van der Waals surface area contributed by atoms with E-state index < -0.39 is 17.2 Å². The molecule has 2 aromatic heterocycles. The molecule has 110 valence electrons. The van der Waals surface area contributed by atoms with Crippen molar-refractivity contribution < 1.29 is 4.79 Å². The number of benzene rings is 1. The van der Waals surface area contributed by atoms with E-state index in [2.05, 4.69) is 20.3 Å². The smallest absolute Gasteiger partial charge is 0.315 e. The van der Waals surface area contributed by atoms with Gasteiger partial charge in [-0.25, -0.2) is 9.78 Å². The molecule has 0 radical (unpaired) electrons. The van der Waals surface area contributed by atoms with Crippen LogP contribution in [0.25, 0.3) is 11.0 Å². The molecule has 0 bridgehead atoms. The molecule has 2 heterocycles. The van der Waals surface area contributed by atoms with Gasteiger partial charge in [-0.1, -0.05) is 12.1 Å². The van der Waals surface area contributed by atoms with E-state index in [1.54, 1.807) is 18.2 Å². The Morgan fingerprint density at radius 2 is 1.86 bits per heavy atom. The Morgan fingerprint density at radius 3 is 2.59 bits per heavy atom.